The van der Waals surface area contributed by atoms with Gasteiger partial charge in [-0.05, 0) is 31.5 Å². The van der Waals surface area contributed by atoms with E-state index in [-0.39, 0.29) is 10.6 Å². The molecular formula is C18H23N5O3. The molecule has 1 saturated heterocycles. The molecule has 0 spiro atoms. The van der Waals surface area contributed by atoms with Gasteiger partial charge in [0.2, 0.25) is 0 Å². The van der Waals surface area contributed by atoms with Crippen molar-refractivity contribution in [3.63, 3.8) is 0 Å². The van der Waals surface area contributed by atoms with E-state index in [1.54, 1.807) is 25.4 Å². The molecule has 3 rings (SSSR count). The third-order valence-electron chi connectivity index (χ3n) is 4.79. The van der Waals surface area contributed by atoms with Gasteiger partial charge >= 0.3 is 6.01 Å². The zero-order chi connectivity index (χ0) is 18.5. The van der Waals surface area contributed by atoms with Crippen LogP contribution in [0.25, 0.3) is 0 Å². The lowest BCUT2D eigenvalue weighted by atomic mass is 10.0. The van der Waals surface area contributed by atoms with E-state index in [2.05, 4.69) is 26.8 Å². The second-order valence-corrected chi connectivity index (χ2v) is 6.46. The summed E-state index contributed by atoms with van der Waals surface area (Å²) in [6.07, 6.45) is 3.79. The van der Waals surface area contributed by atoms with Crippen LogP contribution in [-0.2, 0) is 6.54 Å². The molecule has 8 nitrogen and oxygen atoms in total. The molecule has 0 amide bonds. The third kappa shape index (κ3) is 4.26. The molecule has 1 aromatic heterocycles. The van der Waals surface area contributed by atoms with E-state index in [1.807, 2.05) is 18.2 Å². The number of anilines is 1. The first-order valence-corrected chi connectivity index (χ1v) is 8.62. The fourth-order valence-electron chi connectivity index (χ4n) is 3.28. The highest BCUT2D eigenvalue weighted by atomic mass is 16.6. The van der Waals surface area contributed by atoms with Crippen LogP contribution in [0.5, 0.6) is 6.01 Å². The van der Waals surface area contributed by atoms with Crippen LogP contribution in [0.1, 0.15) is 18.4 Å². The molecule has 0 unspecified atom stereocenters. The van der Waals surface area contributed by atoms with Gasteiger partial charge in [0.05, 0.1) is 12.0 Å². The molecular weight excluding hydrogens is 334 g/mol. The van der Waals surface area contributed by atoms with E-state index in [9.17, 15) is 10.1 Å². The Labute approximate surface area is 152 Å². The summed E-state index contributed by atoms with van der Waals surface area (Å²) in [5.41, 5.74) is 1.21. The molecule has 0 saturated carbocycles. The lowest BCUT2D eigenvalue weighted by Gasteiger charge is -2.37. The standard InChI is InChI=1S/C18H23N5O3/c1-21(13-14-3-5-16(6-4-14)23(24)25)15-8-11-22(12-9-15)17-7-10-19-18(20-17)26-2/h3-7,10,15H,8-9,11-13H2,1-2H3. The van der Waals surface area contributed by atoms with E-state index in [4.69, 9.17) is 4.74 Å². The van der Waals surface area contributed by atoms with Gasteiger partial charge < -0.3 is 9.64 Å². The van der Waals surface area contributed by atoms with Gasteiger partial charge in [0.25, 0.3) is 5.69 Å². The Balaban J connectivity index is 1.54. The van der Waals surface area contributed by atoms with Crippen LogP contribution in [0.2, 0.25) is 0 Å². The fourth-order valence-corrected chi connectivity index (χ4v) is 3.28. The molecule has 0 N–H and O–H groups in total. The summed E-state index contributed by atoms with van der Waals surface area (Å²) in [5, 5.41) is 10.7. The average molecular weight is 357 g/mol. The van der Waals surface area contributed by atoms with Crippen molar-refractivity contribution in [2.45, 2.75) is 25.4 Å². The third-order valence-corrected chi connectivity index (χ3v) is 4.79. The largest absolute Gasteiger partial charge is 0.467 e. The van der Waals surface area contributed by atoms with Crippen LogP contribution in [0.3, 0.4) is 0 Å². The number of rotatable bonds is 6. The Morgan fingerprint density at radius 1 is 1.27 bits per heavy atom. The average Bonchev–Trinajstić information content (AvgIpc) is 2.68. The van der Waals surface area contributed by atoms with Gasteiger partial charge in [-0.2, -0.15) is 4.98 Å². The fraction of sp³-hybridized carbons (Fsp3) is 0.444. The lowest BCUT2D eigenvalue weighted by molar-refractivity contribution is -0.384. The first-order valence-electron chi connectivity index (χ1n) is 8.62. The Morgan fingerprint density at radius 2 is 1.96 bits per heavy atom. The molecule has 8 heteroatoms. The van der Waals surface area contributed by atoms with E-state index in [0.717, 1.165) is 43.9 Å². The number of non-ortho nitro benzene ring substituents is 1. The van der Waals surface area contributed by atoms with Crippen LogP contribution in [0.15, 0.2) is 36.5 Å². The smallest absolute Gasteiger partial charge is 0.318 e. The minimum atomic E-state index is -0.370. The number of benzene rings is 1. The van der Waals surface area contributed by atoms with Crippen LogP contribution in [-0.4, -0.2) is 53.1 Å². The summed E-state index contributed by atoms with van der Waals surface area (Å²) < 4.78 is 5.10. The number of nitro groups is 1. The quantitative estimate of drug-likeness (QED) is 0.580. The first-order chi connectivity index (χ1) is 12.6. The molecule has 1 fully saturated rings. The normalized spacial score (nSPS) is 15.3. The number of piperidine rings is 1. The zero-order valence-electron chi connectivity index (χ0n) is 15.0. The highest BCUT2D eigenvalue weighted by Crippen LogP contribution is 2.23. The molecule has 2 heterocycles. The van der Waals surface area contributed by atoms with Gasteiger partial charge in [0.1, 0.15) is 5.82 Å². The van der Waals surface area contributed by atoms with Gasteiger partial charge in [-0.1, -0.05) is 12.1 Å². The summed E-state index contributed by atoms with van der Waals surface area (Å²) in [4.78, 5) is 23.4. The molecule has 1 aliphatic rings. The predicted molar refractivity (Wildman–Crippen MR) is 98.4 cm³/mol. The molecule has 1 aromatic carbocycles. The number of hydrogen-bond acceptors (Lipinski definition) is 7. The lowest BCUT2D eigenvalue weighted by Crippen LogP contribution is -2.43. The number of methoxy groups -OCH3 is 1. The van der Waals surface area contributed by atoms with E-state index < -0.39 is 0 Å². The number of nitrogens with zero attached hydrogens (tertiary/aromatic N) is 5. The van der Waals surface area contributed by atoms with Gasteiger partial charge in [-0.3, -0.25) is 15.0 Å². The van der Waals surface area contributed by atoms with E-state index in [1.165, 1.54) is 0 Å². The molecule has 0 atom stereocenters. The molecule has 0 radical (unpaired) electrons. The maximum Gasteiger partial charge on any atom is 0.318 e. The Morgan fingerprint density at radius 3 is 2.58 bits per heavy atom. The second-order valence-electron chi connectivity index (χ2n) is 6.46. The van der Waals surface area contributed by atoms with Crippen LogP contribution in [0.4, 0.5) is 11.5 Å². The Kier molecular flexibility index (Phi) is 5.62. The first kappa shape index (κ1) is 18.1. The molecule has 26 heavy (non-hydrogen) atoms. The summed E-state index contributed by atoms with van der Waals surface area (Å²) in [5.74, 6) is 0.897. The van der Waals surface area contributed by atoms with Gasteiger partial charge in [-0.15, -0.1) is 0 Å². The second kappa shape index (κ2) is 8.09. The highest BCUT2D eigenvalue weighted by Gasteiger charge is 2.23. The van der Waals surface area contributed by atoms with Crippen LogP contribution in [0, 0.1) is 10.1 Å². The van der Waals surface area contributed by atoms with Crippen molar-refractivity contribution in [1.29, 1.82) is 0 Å². The van der Waals surface area contributed by atoms with Crippen molar-refractivity contribution < 1.29 is 9.66 Å². The van der Waals surface area contributed by atoms with Gasteiger partial charge in [0.15, 0.2) is 0 Å². The number of aromatic nitrogens is 2. The molecule has 0 bridgehead atoms. The van der Waals surface area contributed by atoms with Gasteiger partial charge in [-0.25, -0.2) is 4.98 Å². The maximum absolute atomic E-state index is 10.7. The van der Waals surface area contributed by atoms with Crippen LogP contribution >= 0.6 is 0 Å². The number of ether oxygens (including phenoxy) is 1. The molecule has 0 aliphatic carbocycles. The van der Waals surface area contributed by atoms with E-state index in [0.29, 0.717) is 12.1 Å². The monoisotopic (exact) mass is 357 g/mol. The van der Waals surface area contributed by atoms with Crippen molar-refractivity contribution in [3.8, 4) is 6.01 Å². The Hall–Kier alpha value is -2.74. The van der Waals surface area contributed by atoms with Crippen molar-refractivity contribution in [3.05, 3.63) is 52.2 Å². The molecule has 2 aromatic rings. The summed E-state index contributed by atoms with van der Waals surface area (Å²) >= 11 is 0. The van der Waals surface area contributed by atoms with Crippen molar-refractivity contribution in [2.24, 2.45) is 0 Å². The number of hydrogen-bond donors (Lipinski definition) is 0. The molecule has 1 aliphatic heterocycles. The van der Waals surface area contributed by atoms with Crippen molar-refractivity contribution >= 4 is 11.5 Å². The SMILES string of the molecule is COc1nccc(N2CCC(N(C)Cc3ccc([N+](=O)[O-])cc3)CC2)n1. The number of nitro benzene ring substituents is 1. The van der Waals surface area contributed by atoms with E-state index >= 15 is 0 Å². The minimum absolute atomic E-state index is 0.130. The highest BCUT2D eigenvalue weighted by molar-refractivity contribution is 5.39. The summed E-state index contributed by atoms with van der Waals surface area (Å²) in [6, 6.07) is 9.56. The van der Waals surface area contributed by atoms with Crippen molar-refractivity contribution in [2.75, 3.05) is 32.1 Å². The van der Waals surface area contributed by atoms with Gasteiger partial charge in [0, 0.05) is 44.0 Å². The summed E-state index contributed by atoms with van der Waals surface area (Å²) in [7, 11) is 3.67. The van der Waals surface area contributed by atoms with Crippen LogP contribution < -0.4 is 9.64 Å². The maximum atomic E-state index is 10.7. The predicted octanol–water partition coefficient (Wildman–Crippen LogP) is 2.49. The van der Waals surface area contributed by atoms with Crippen molar-refractivity contribution in [1.82, 2.24) is 14.9 Å². The topological polar surface area (TPSA) is 84.6 Å². The minimum Gasteiger partial charge on any atom is -0.467 e. The summed E-state index contributed by atoms with van der Waals surface area (Å²) in [6.45, 7) is 2.63. The Bertz CT molecular complexity index is 745. The zero-order valence-corrected chi connectivity index (χ0v) is 15.0. The molecule has 138 valence electrons.